The first kappa shape index (κ1) is 40.3. The minimum absolute atomic E-state index is 0.483. The maximum atomic E-state index is 5.51. The molecule has 0 N–H and O–H groups in total. The van der Waals surface area contributed by atoms with Crippen molar-refractivity contribution in [3.8, 4) is 73.2 Å². The molecule has 0 radical (unpaired) electrons. The van der Waals surface area contributed by atoms with Gasteiger partial charge in [0.1, 0.15) is 0 Å². The first-order valence-corrected chi connectivity index (χ1v) is 23.6. The maximum absolute atomic E-state index is 5.51. The molecule has 2 heterocycles. The Labute approximate surface area is 401 Å². The zero-order chi connectivity index (χ0) is 45.7. The van der Waals surface area contributed by atoms with E-state index in [1.54, 1.807) is 0 Å². The van der Waals surface area contributed by atoms with E-state index in [4.69, 9.17) is 15.0 Å². The van der Waals surface area contributed by atoms with Crippen molar-refractivity contribution in [2.24, 2.45) is 0 Å². The predicted octanol–water partition coefficient (Wildman–Crippen LogP) is 15.9. The van der Waals surface area contributed by atoms with Crippen LogP contribution >= 0.6 is 0 Å². The second kappa shape index (κ2) is 16.7. The highest BCUT2D eigenvalue weighted by Gasteiger charge is 2.43. The van der Waals surface area contributed by atoms with Crippen LogP contribution < -0.4 is 0 Å². The fraction of sp³-hybridized carbons (Fsp3) is 0.0308. The largest absolute Gasteiger partial charge is 0.309 e. The lowest BCUT2D eigenvalue weighted by atomic mass is 9.60. The van der Waals surface area contributed by atoms with Gasteiger partial charge in [-0.3, -0.25) is 0 Å². The highest BCUT2D eigenvalue weighted by molar-refractivity contribution is 6.10. The highest BCUT2D eigenvalue weighted by atomic mass is 15.0. The van der Waals surface area contributed by atoms with E-state index >= 15 is 0 Å². The minimum Gasteiger partial charge on any atom is -0.309 e. The van der Waals surface area contributed by atoms with Crippen LogP contribution in [0.25, 0.3) is 95.0 Å². The molecule has 0 spiro atoms. The number of benzene rings is 10. The van der Waals surface area contributed by atoms with Gasteiger partial charge >= 0.3 is 0 Å². The van der Waals surface area contributed by atoms with Gasteiger partial charge in [-0.15, -0.1) is 0 Å². The van der Waals surface area contributed by atoms with Gasteiger partial charge in [-0.25, -0.2) is 15.0 Å². The van der Waals surface area contributed by atoms with Gasteiger partial charge in [0.05, 0.1) is 11.0 Å². The average molecular weight is 881 g/mol. The summed E-state index contributed by atoms with van der Waals surface area (Å²) in [6, 6.07) is 91.6. The lowest BCUT2D eigenvalue weighted by Crippen LogP contribution is -2.35. The molecule has 10 aromatic carbocycles. The van der Waals surface area contributed by atoms with Crippen molar-refractivity contribution in [1.29, 1.82) is 0 Å². The highest BCUT2D eigenvalue weighted by Crippen LogP contribution is 2.54. The molecule has 1 aliphatic rings. The summed E-state index contributed by atoms with van der Waals surface area (Å²) in [6.45, 7) is 0. The van der Waals surface area contributed by atoms with Crippen molar-refractivity contribution >= 4 is 21.8 Å². The van der Waals surface area contributed by atoms with Crippen molar-refractivity contribution in [3.05, 3.63) is 277 Å². The third-order valence-electron chi connectivity index (χ3n) is 14.0. The first-order valence-electron chi connectivity index (χ1n) is 23.6. The van der Waals surface area contributed by atoms with Gasteiger partial charge in [0.25, 0.3) is 0 Å². The van der Waals surface area contributed by atoms with Crippen LogP contribution in [0.5, 0.6) is 0 Å². The van der Waals surface area contributed by atoms with Gasteiger partial charge in [-0.05, 0) is 98.5 Å². The summed E-state index contributed by atoms with van der Waals surface area (Å²) in [7, 11) is 0. The van der Waals surface area contributed by atoms with Crippen LogP contribution in [-0.4, -0.2) is 19.5 Å². The van der Waals surface area contributed by atoms with Gasteiger partial charge < -0.3 is 4.57 Å². The van der Waals surface area contributed by atoms with E-state index in [1.165, 1.54) is 44.1 Å². The number of rotatable bonds is 8. The Morgan fingerprint density at radius 3 is 1.59 bits per heavy atom. The van der Waals surface area contributed by atoms with Crippen LogP contribution in [0.1, 0.15) is 22.3 Å². The SMILES string of the molecule is c1ccc(-c2cccc(-c3nc(-c4ccccc4)nc(-c4cc(-c5ccc6c7ccccc7n(-c7ccccc7)c6c5)cc5c4-c4ccccc4C(c4ccccc4)(c4ccccc4)C5)n3)c2)cc1. The number of hydrogen-bond donors (Lipinski definition) is 0. The Kier molecular flexibility index (Phi) is 9.76. The fourth-order valence-corrected chi connectivity index (χ4v) is 10.9. The van der Waals surface area contributed by atoms with Gasteiger partial charge in [0.2, 0.25) is 0 Å². The van der Waals surface area contributed by atoms with E-state index in [0.29, 0.717) is 17.5 Å². The van der Waals surface area contributed by atoms with Gasteiger partial charge in [0, 0.05) is 38.6 Å². The molecule has 13 rings (SSSR count). The van der Waals surface area contributed by atoms with Crippen LogP contribution in [0.4, 0.5) is 0 Å². The molecular formula is C65H44N4. The zero-order valence-electron chi connectivity index (χ0n) is 37.7. The van der Waals surface area contributed by atoms with Crippen molar-refractivity contribution < 1.29 is 0 Å². The molecule has 0 aliphatic heterocycles. The molecule has 0 unspecified atom stereocenters. The molecule has 0 bridgehead atoms. The lowest BCUT2D eigenvalue weighted by molar-refractivity contribution is 0.606. The monoisotopic (exact) mass is 880 g/mol. The molecule has 0 saturated carbocycles. The smallest absolute Gasteiger partial charge is 0.164 e. The van der Waals surface area contributed by atoms with Crippen molar-refractivity contribution in [2.45, 2.75) is 11.8 Å². The molecule has 0 atom stereocenters. The summed E-state index contributed by atoms with van der Waals surface area (Å²) in [6.07, 6.45) is 0.726. The van der Waals surface area contributed by atoms with Gasteiger partial charge in [-0.1, -0.05) is 218 Å². The number of para-hydroxylation sites is 2. The summed E-state index contributed by atoms with van der Waals surface area (Å²) in [5.74, 6) is 1.88. The molecule has 4 heteroatoms. The third kappa shape index (κ3) is 6.88. The van der Waals surface area contributed by atoms with E-state index in [2.05, 4.69) is 241 Å². The van der Waals surface area contributed by atoms with Crippen molar-refractivity contribution in [3.63, 3.8) is 0 Å². The third-order valence-corrected chi connectivity index (χ3v) is 14.0. The Morgan fingerprint density at radius 2 is 0.870 bits per heavy atom. The number of fused-ring (bicyclic) bond motifs is 6. The van der Waals surface area contributed by atoms with Crippen molar-refractivity contribution in [2.75, 3.05) is 0 Å². The maximum Gasteiger partial charge on any atom is 0.164 e. The molecule has 1 aliphatic carbocycles. The Morgan fingerprint density at radius 1 is 0.333 bits per heavy atom. The number of nitrogens with zero attached hydrogens (tertiary/aromatic N) is 4. The van der Waals surface area contributed by atoms with Crippen LogP contribution in [-0.2, 0) is 11.8 Å². The fourth-order valence-electron chi connectivity index (χ4n) is 10.9. The molecule has 324 valence electrons. The number of aromatic nitrogens is 4. The van der Waals surface area contributed by atoms with E-state index in [-0.39, 0.29) is 0 Å². The molecular weight excluding hydrogens is 837 g/mol. The van der Waals surface area contributed by atoms with E-state index in [9.17, 15) is 0 Å². The quantitative estimate of drug-likeness (QED) is 0.153. The standard InChI is InChI=1S/C65H44N4/c1-6-21-44(22-7-1)46-25-20-26-48(39-46)63-66-62(45-23-8-2-9-24-45)67-64(68-63)57-41-49(47-37-38-55-54-33-17-19-36-59(54)69(60(55)42-47)53-31-14-5-15-32-53)40-50-43-65(51-27-10-3-11-28-51,52-29-12-4-13-30-52)58-35-18-16-34-56(58)61(50)57/h1-42H,43H2. The van der Waals surface area contributed by atoms with Crippen LogP contribution in [0.15, 0.2) is 255 Å². The topological polar surface area (TPSA) is 43.6 Å². The van der Waals surface area contributed by atoms with Gasteiger partial charge in [0.15, 0.2) is 17.5 Å². The Balaban J connectivity index is 1.11. The normalized spacial score (nSPS) is 12.7. The Bertz CT molecular complexity index is 3810. The summed E-state index contributed by atoms with van der Waals surface area (Å²) >= 11 is 0. The minimum atomic E-state index is -0.483. The first-order chi connectivity index (χ1) is 34.2. The van der Waals surface area contributed by atoms with Crippen LogP contribution in [0.3, 0.4) is 0 Å². The molecule has 0 amide bonds. The van der Waals surface area contributed by atoms with E-state index in [0.717, 1.165) is 62.1 Å². The molecule has 0 fully saturated rings. The zero-order valence-corrected chi connectivity index (χ0v) is 37.7. The summed E-state index contributed by atoms with van der Waals surface area (Å²) in [4.78, 5) is 16.2. The van der Waals surface area contributed by atoms with E-state index in [1.807, 2.05) is 18.2 Å². The van der Waals surface area contributed by atoms with Gasteiger partial charge in [-0.2, -0.15) is 0 Å². The average Bonchev–Trinajstić information content (AvgIpc) is 3.77. The van der Waals surface area contributed by atoms with E-state index < -0.39 is 5.41 Å². The molecule has 12 aromatic rings. The second-order valence-electron chi connectivity index (χ2n) is 18.0. The van der Waals surface area contributed by atoms with Crippen LogP contribution in [0, 0.1) is 0 Å². The second-order valence-corrected chi connectivity index (χ2v) is 18.0. The molecule has 2 aromatic heterocycles. The van der Waals surface area contributed by atoms with Crippen LogP contribution in [0.2, 0.25) is 0 Å². The summed E-state index contributed by atoms with van der Waals surface area (Å²) < 4.78 is 2.40. The molecule has 0 saturated heterocycles. The molecule has 69 heavy (non-hydrogen) atoms. The Hall–Kier alpha value is -8.99. The van der Waals surface area contributed by atoms with Crippen molar-refractivity contribution in [1.82, 2.24) is 19.5 Å². The summed E-state index contributed by atoms with van der Waals surface area (Å²) in [5, 5.41) is 2.44. The lowest BCUT2D eigenvalue weighted by Gasteiger charge is -2.42. The number of hydrogen-bond acceptors (Lipinski definition) is 3. The predicted molar refractivity (Wildman–Crippen MR) is 283 cm³/mol. The summed E-state index contributed by atoms with van der Waals surface area (Å²) in [5.41, 5.74) is 17.5. The molecule has 4 nitrogen and oxygen atoms in total.